The van der Waals surface area contributed by atoms with Crippen molar-refractivity contribution in [3.05, 3.63) is 129 Å². The molecule has 0 aliphatic carbocycles. The van der Waals surface area contributed by atoms with Crippen molar-refractivity contribution < 1.29 is 4.79 Å². The van der Waals surface area contributed by atoms with Gasteiger partial charge in [0.1, 0.15) is 0 Å². The lowest BCUT2D eigenvalue weighted by Crippen LogP contribution is -2.11. The molecule has 0 fully saturated rings. The maximum Gasteiger partial charge on any atom is 0.196 e. The molecule has 0 saturated heterocycles. The largest absolute Gasteiger partial charge is 0.288 e. The smallest absolute Gasteiger partial charge is 0.196 e. The van der Waals surface area contributed by atoms with Gasteiger partial charge in [0.05, 0.1) is 11.4 Å². The van der Waals surface area contributed by atoms with Crippen LogP contribution in [0.3, 0.4) is 0 Å². The second-order valence-electron chi connectivity index (χ2n) is 6.86. The van der Waals surface area contributed by atoms with Gasteiger partial charge in [0, 0.05) is 46.4 Å². The van der Waals surface area contributed by atoms with E-state index < -0.39 is 0 Å². The van der Waals surface area contributed by atoms with Crippen LogP contribution >= 0.6 is 23.2 Å². The summed E-state index contributed by atoms with van der Waals surface area (Å²) in [5.74, 6) is -0.111. The molecule has 0 aliphatic rings. The van der Waals surface area contributed by atoms with Crippen LogP contribution in [0.25, 0.3) is 0 Å². The maximum absolute atomic E-state index is 13.5. The Morgan fingerprint density at radius 3 is 1.50 bits per heavy atom. The molecule has 4 rings (SSSR count). The normalized spacial score (nSPS) is 10.7. The van der Waals surface area contributed by atoms with E-state index in [-0.39, 0.29) is 5.78 Å². The van der Waals surface area contributed by atoms with Crippen LogP contribution in [0.4, 0.5) is 0 Å². The fourth-order valence-corrected chi connectivity index (χ4v) is 3.77. The zero-order valence-electron chi connectivity index (χ0n) is 16.1. The molecule has 0 radical (unpaired) electrons. The maximum atomic E-state index is 13.5. The molecule has 0 spiro atoms. The molecule has 4 aromatic rings. The Morgan fingerprint density at radius 2 is 1.07 bits per heavy atom. The summed E-state index contributed by atoms with van der Waals surface area (Å²) in [6.07, 6.45) is 4.33. The minimum atomic E-state index is -0.111. The number of aromatic nitrogens is 2. The Bertz CT molecular complexity index is 1110. The van der Waals surface area contributed by atoms with Gasteiger partial charge in [-0.3, -0.25) is 14.8 Å². The van der Waals surface area contributed by atoms with E-state index in [1.807, 2.05) is 48.5 Å². The Hall–Kier alpha value is -3.01. The highest BCUT2D eigenvalue weighted by atomic mass is 35.5. The summed E-state index contributed by atoms with van der Waals surface area (Å²) >= 11 is 12.6. The summed E-state index contributed by atoms with van der Waals surface area (Å²) in [4.78, 5) is 22.4. The van der Waals surface area contributed by atoms with Crippen molar-refractivity contribution in [2.75, 3.05) is 0 Å². The number of halogens is 2. The third-order valence-electron chi connectivity index (χ3n) is 4.90. The number of rotatable bonds is 6. The summed E-state index contributed by atoms with van der Waals surface area (Å²) in [7, 11) is 0. The van der Waals surface area contributed by atoms with Crippen LogP contribution in [0.15, 0.2) is 85.2 Å². The monoisotopic (exact) mass is 432 g/mol. The van der Waals surface area contributed by atoms with Gasteiger partial charge in [-0.1, -0.05) is 59.6 Å². The molecule has 0 N–H and O–H groups in total. The van der Waals surface area contributed by atoms with Crippen molar-refractivity contribution in [2.24, 2.45) is 0 Å². The van der Waals surface area contributed by atoms with Crippen LogP contribution in [0.1, 0.15) is 38.4 Å². The molecule has 0 unspecified atom stereocenters. The quantitative estimate of drug-likeness (QED) is 0.340. The van der Waals surface area contributed by atoms with Crippen LogP contribution in [0.2, 0.25) is 10.0 Å². The molecule has 3 nitrogen and oxygen atoms in total. The van der Waals surface area contributed by atoms with E-state index in [0.717, 1.165) is 11.1 Å². The lowest BCUT2D eigenvalue weighted by molar-refractivity contribution is 0.103. The average Bonchev–Trinajstić information content (AvgIpc) is 2.77. The minimum Gasteiger partial charge on any atom is -0.288 e. The third kappa shape index (κ3) is 4.43. The Balaban J connectivity index is 1.70. The topological polar surface area (TPSA) is 42.9 Å². The van der Waals surface area contributed by atoms with Gasteiger partial charge in [-0.05, 0) is 47.5 Å². The third-order valence-corrected chi connectivity index (χ3v) is 5.64. The number of benzene rings is 2. The first-order chi connectivity index (χ1) is 14.6. The van der Waals surface area contributed by atoms with Gasteiger partial charge in [0.15, 0.2) is 5.78 Å². The number of ketones is 1. The van der Waals surface area contributed by atoms with Gasteiger partial charge in [-0.2, -0.15) is 0 Å². The van der Waals surface area contributed by atoms with Crippen molar-refractivity contribution in [3.63, 3.8) is 0 Å². The zero-order chi connectivity index (χ0) is 20.9. The summed E-state index contributed by atoms with van der Waals surface area (Å²) in [6, 6.07) is 22.3. The standard InChI is InChI=1S/C25H18Cl2N2O/c26-21-11-3-1-7-17(21)15-23-19(9-5-13-28-23)25(30)20-10-6-14-29-24(20)16-18-8-2-4-12-22(18)27/h1-14H,15-16H2. The van der Waals surface area contributed by atoms with E-state index in [0.29, 0.717) is 45.4 Å². The lowest BCUT2D eigenvalue weighted by atomic mass is 9.95. The van der Waals surface area contributed by atoms with Crippen LogP contribution < -0.4 is 0 Å². The van der Waals surface area contributed by atoms with Gasteiger partial charge in [-0.25, -0.2) is 0 Å². The summed E-state index contributed by atoms with van der Waals surface area (Å²) in [6.45, 7) is 0. The first-order valence-electron chi connectivity index (χ1n) is 9.53. The predicted molar refractivity (Wildman–Crippen MR) is 120 cm³/mol. The molecular formula is C25H18Cl2N2O. The predicted octanol–water partition coefficient (Wildman–Crippen LogP) is 6.20. The van der Waals surface area contributed by atoms with E-state index in [4.69, 9.17) is 23.2 Å². The van der Waals surface area contributed by atoms with E-state index >= 15 is 0 Å². The Labute approximate surface area is 185 Å². The average molecular weight is 433 g/mol. The first-order valence-corrected chi connectivity index (χ1v) is 10.3. The van der Waals surface area contributed by atoms with Crippen LogP contribution in [-0.4, -0.2) is 15.8 Å². The van der Waals surface area contributed by atoms with E-state index in [1.165, 1.54) is 0 Å². The number of hydrogen-bond donors (Lipinski definition) is 0. The zero-order valence-corrected chi connectivity index (χ0v) is 17.6. The second kappa shape index (κ2) is 9.21. The number of hydrogen-bond acceptors (Lipinski definition) is 3. The fourth-order valence-electron chi connectivity index (χ4n) is 3.36. The molecule has 148 valence electrons. The highest BCUT2D eigenvalue weighted by Crippen LogP contribution is 2.24. The van der Waals surface area contributed by atoms with Gasteiger partial charge in [-0.15, -0.1) is 0 Å². The molecule has 2 aromatic carbocycles. The lowest BCUT2D eigenvalue weighted by Gasteiger charge is -2.12. The van der Waals surface area contributed by atoms with Crippen LogP contribution in [0.5, 0.6) is 0 Å². The number of pyridine rings is 2. The van der Waals surface area contributed by atoms with Crippen LogP contribution in [-0.2, 0) is 12.8 Å². The Kier molecular flexibility index (Phi) is 6.22. The molecule has 5 heteroatoms. The van der Waals surface area contributed by atoms with E-state index in [1.54, 1.807) is 36.7 Å². The molecule has 30 heavy (non-hydrogen) atoms. The fraction of sp³-hybridized carbons (Fsp3) is 0.0800. The summed E-state index contributed by atoms with van der Waals surface area (Å²) in [5, 5.41) is 1.31. The molecular weight excluding hydrogens is 415 g/mol. The van der Waals surface area contributed by atoms with Gasteiger partial charge < -0.3 is 0 Å². The van der Waals surface area contributed by atoms with E-state index in [9.17, 15) is 4.79 Å². The van der Waals surface area contributed by atoms with Crippen molar-refractivity contribution in [1.29, 1.82) is 0 Å². The minimum absolute atomic E-state index is 0.111. The van der Waals surface area contributed by atoms with Crippen molar-refractivity contribution in [2.45, 2.75) is 12.8 Å². The number of nitrogens with zero attached hydrogens (tertiary/aromatic N) is 2. The van der Waals surface area contributed by atoms with Crippen molar-refractivity contribution in [1.82, 2.24) is 9.97 Å². The molecule has 0 aliphatic heterocycles. The van der Waals surface area contributed by atoms with Gasteiger partial charge in [0.25, 0.3) is 0 Å². The molecule has 0 bridgehead atoms. The van der Waals surface area contributed by atoms with Gasteiger partial charge >= 0.3 is 0 Å². The van der Waals surface area contributed by atoms with Crippen molar-refractivity contribution in [3.8, 4) is 0 Å². The molecule has 0 amide bonds. The van der Waals surface area contributed by atoms with Gasteiger partial charge in [0.2, 0.25) is 0 Å². The molecule has 0 saturated carbocycles. The molecule has 0 atom stereocenters. The number of carbonyl (C=O) groups is 1. The summed E-state index contributed by atoms with van der Waals surface area (Å²) in [5.41, 5.74) is 4.31. The van der Waals surface area contributed by atoms with Crippen LogP contribution in [0, 0.1) is 0 Å². The van der Waals surface area contributed by atoms with Crippen molar-refractivity contribution >= 4 is 29.0 Å². The second-order valence-corrected chi connectivity index (χ2v) is 7.68. The SMILES string of the molecule is O=C(c1cccnc1Cc1ccccc1Cl)c1cccnc1Cc1ccccc1Cl. The molecule has 2 heterocycles. The highest BCUT2D eigenvalue weighted by Gasteiger charge is 2.19. The first kappa shape index (κ1) is 20.3. The Morgan fingerprint density at radius 1 is 0.633 bits per heavy atom. The summed E-state index contributed by atoms with van der Waals surface area (Å²) < 4.78 is 0. The highest BCUT2D eigenvalue weighted by molar-refractivity contribution is 6.31. The number of carbonyl (C=O) groups excluding carboxylic acids is 1. The molecule has 2 aromatic heterocycles. The van der Waals surface area contributed by atoms with E-state index in [2.05, 4.69) is 9.97 Å².